The molecule has 0 aliphatic carbocycles. The fourth-order valence-corrected chi connectivity index (χ4v) is 6.49. The van der Waals surface area contributed by atoms with Crippen molar-refractivity contribution in [2.45, 2.75) is 63.4 Å². The average molecular weight is 536 g/mol. The van der Waals surface area contributed by atoms with E-state index in [1.807, 2.05) is 19.2 Å². The minimum Gasteiger partial charge on any atom is -0.367 e. The van der Waals surface area contributed by atoms with E-state index in [9.17, 15) is 13.2 Å². The fraction of sp³-hybridized carbons (Fsp3) is 0.458. The summed E-state index contributed by atoms with van der Waals surface area (Å²) in [5.74, 6) is 0.583. The van der Waals surface area contributed by atoms with Crippen LogP contribution in [0.15, 0.2) is 35.4 Å². The van der Waals surface area contributed by atoms with E-state index >= 15 is 0 Å². The minimum absolute atomic E-state index is 0.237. The third-order valence-corrected chi connectivity index (χ3v) is 8.68. The van der Waals surface area contributed by atoms with Gasteiger partial charge in [0.15, 0.2) is 5.65 Å². The quantitative estimate of drug-likeness (QED) is 0.409. The van der Waals surface area contributed by atoms with Gasteiger partial charge in [0, 0.05) is 57.4 Å². The molecule has 3 heterocycles. The molecule has 8 nitrogen and oxygen atoms in total. The summed E-state index contributed by atoms with van der Waals surface area (Å²) in [7, 11) is -2.74. The second kappa shape index (κ2) is 10.4. The second-order valence-electron chi connectivity index (χ2n) is 9.04. The summed E-state index contributed by atoms with van der Waals surface area (Å²) in [6, 6.07) is 6.73. The second-order valence-corrected chi connectivity index (χ2v) is 13.8. The monoisotopic (exact) mass is 535 g/mol. The number of carbonyl (C=O) groups excluding carboxylic acids is 1. The number of hydrogen-bond acceptors (Lipinski definition) is 7. The number of fused-ring (bicyclic) bond motifs is 1. The number of nitrogens with zero attached hydrogens (tertiary/aromatic N) is 4. The highest BCUT2D eigenvalue weighted by molar-refractivity contribution is 8.71. The molecule has 3 aromatic rings. The lowest BCUT2D eigenvalue weighted by Crippen LogP contribution is -2.39. The molecule has 1 aliphatic heterocycles. The van der Waals surface area contributed by atoms with Crippen molar-refractivity contribution in [1.29, 1.82) is 0 Å². The number of aryl methyl sites for hydroxylation is 1. The molecule has 1 N–H and O–H groups in total. The number of amides is 1. The standard InChI is InChI=1S/C24H30ClN5O3S2/c1-5-16(3)26-23-15(2)14-30-22(27-23)13-19(28-30)20-8-6-7-11-29(20)24(31)18-12-17(25)9-10-21(18)34-35(4,32)33/h9-10,12-14,16,20H,5-8,11H2,1-4H3,(H,26,27)/t16-,20-/m0/s1. The molecule has 0 unspecified atom stereocenters. The van der Waals surface area contributed by atoms with Crippen molar-refractivity contribution >= 4 is 48.6 Å². The summed E-state index contributed by atoms with van der Waals surface area (Å²) in [6.45, 7) is 6.79. The number of carbonyl (C=O) groups is 1. The van der Waals surface area contributed by atoms with E-state index in [1.165, 1.54) is 0 Å². The molecular formula is C24H30ClN5O3S2. The van der Waals surface area contributed by atoms with Gasteiger partial charge in [-0.15, -0.1) is 0 Å². The maximum absolute atomic E-state index is 13.7. The lowest BCUT2D eigenvalue weighted by Gasteiger charge is -2.35. The molecule has 2 atom stereocenters. The van der Waals surface area contributed by atoms with Crippen molar-refractivity contribution in [3.05, 3.63) is 52.3 Å². The Balaban J connectivity index is 1.69. The van der Waals surface area contributed by atoms with Gasteiger partial charge in [-0.05, 0) is 57.7 Å². The van der Waals surface area contributed by atoms with Gasteiger partial charge in [0.2, 0.25) is 8.87 Å². The summed E-state index contributed by atoms with van der Waals surface area (Å²) >= 11 is 6.19. The number of piperidine rings is 1. The Hall–Kier alpha value is -2.30. The van der Waals surface area contributed by atoms with Crippen LogP contribution in [0.3, 0.4) is 0 Å². The average Bonchev–Trinajstić information content (AvgIpc) is 3.21. The largest absolute Gasteiger partial charge is 0.367 e. The van der Waals surface area contributed by atoms with Gasteiger partial charge in [-0.1, -0.05) is 18.5 Å². The molecule has 1 fully saturated rings. The molecule has 0 spiro atoms. The normalized spacial score (nSPS) is 17.5. The molecule has 2 aromatic heterocycles. The maximum atomic E-state index is 13.7. The third-order valence-electron chi connectivity index (χ3n) is 6.16. The number of benzene rings is 1. The van der Waals surface area contributed by atoms with Crippen LogP contribution < -0.4 is 5.32 Å². The number of aromatic nitrogens is 3. The van der Waals surface area contributed by atoms with Gasteiger partial charge in [0.25, 0.3) is 5.91 Å². The molecule has 1 aromatic carbocycles. The Labute approximate surface area is 214 Å². The summed E-state index contributed by atoms with van der Waals surface area (Å²) in [4.78, 5) is 20.7. The molecule has 35 heavy (non-hydrogen) atoms. The SMILES string of the molecule is CC[C@H](C)Nc1nc2cc([C@@H]3CCCCN3C(=O)c3cc(Cl)ccc3SS(C)(=O)=O)nn2cc1C. The van der Waals surface area contributed by atoms with E-state index in [4.69, 9.17) is 21.7 Å². The summed E-state index contributed by atoms with van der Waals surface area (Å²) < 4.78 is 25.6. The third kappa shape index (κ3) is 5.92. The predicted molar refractivity (Wildman–Crippen MR) is 141 cm³/mol. The zero-order valence-corrected chi connectivity index (χ0v) is 22.7. The van der Waals surface area contributed by atoms with Gasteiger partial charge in [-0.25, -0.2) is 17.9 Å². The summed E-state index contributed by atoms with van der Waals surface area (Å²) in [5, 5.41) is 8.59. The lowest BCUT2D eigenvalue weighted by molar-refractivity contribution is 0.0602. The van der Waals surface area contributed by atoms with Gasteiger partial charge in [-0.2, -0.15) is 5.10 Å². The Kier molecular flexibility index (Phi) is 7.63. The minimum atomic E-state index is -3.41. The predicted octanol–water partition coefficient (Wildman–Crippen LogP) is 5.32. The zero-order chi connectivity index (χ0) is 25.3. The van der Waals surface area contributed by atoms with E-state index in [1.54, 1.807) is 27.6 Å². The lowest BCUT2D eigenvalue weighted by atomic mass is 9.98. The number of nitrogens with one attached hydrogen (secondary N) is 1. The molecule has 11 heteroatoms. The fourth-order valence-electron chi connectivity index (χ4n) is 4.22. The van der Waals surface area contributed by atoms with Crippen LogP contribution in [-0.4, -0.2) is 52.7 Å². The molecule has 0 bridgehead atoms. The van der Waals surface area contributed by atoms with E-state index in [2.05, 4.69) is 19.2 Å². The van der Waals surface area contributed by atoms with Gasteiger partial charge in [-0.3, -0.25) is 4.79 Å². The van der Waals surface area contributed by atoms with Gasteiger partial charge in [0.05, 0.1) is 17.3 Å². The van der Waals surface area contributed by atoms with Crippen LogP contribution in [0.5, 0.6) is 0 Å². The van der Waals surface area contributed by atoms with Crippen molar-refractivity contribution in [3.63, 3.8) is 0 Å². The van der Waals surface area contributed by atoms with Crippen molar-refractivity contribution in [2.75, 3.05) is 18.1 Å². The molecule has 0 radical (unpaired) electrons. The topological polar surface area (TPSA) is 96.7 Å². The number of anilines is 1. The highest BCUT2D eigenvalue weighted by Gasteiger charge is 2.32. The Morgan fingerprint density at radius 1 is 1.31 bits per heavy atom. The Bertz CT molecular complexity index is 1360. The molecule has 4 rings (SSSR count). The highest BCUT2D eigenvalue weighted by atomic mass is 35.5. The molecule has 188 valence electrons. The first-order valence-corrected chi connectivity index (χ1v) is 15.3. The smallest absolute Gasteiger partial charge is 0.255 e. The Morgan fingerprint density at radius 3 is 2.80 bits per heavy atom. The first-order valence-electron chi connectivity index (χ1n) is 11.7. The zero-order valence-electron chi connectivity index (χ0n) is 20.3. The van der Waals surface area contributed by atoms with Crippen LogP contribution in [0, 0.1) is 6.92 Å². The van der Waals surface area contributed by atoms with Crippen LogP contribution in [0.25, 0.3) is 5.65 Å². The van der Waals surface area contributed by atoms with Crippen molar-refractivity contribution in [3.8, 4) is 0 Å². The van der Waals surface area contributed by atoms with Crippen LogP contribution in [0.1, 0.15) is 67.2 Å². The van der Waals surface area contributed by atoms with E-state index in [0.29, 0.717) is 38.9 Å². The summed E-state index contributed by atoms with van der Waals surface area (Å²) in [5.41, 5.74) is 2.76. The number of halogens is 1. The van der Waals surface area contributed by atoms with Crippen LogP contribution in [0.4, 0.5) is 5.82 Å². The summed E-state index contributed by atoms with van der Waals surface area (Å²) in [6.07, 6.45) is 6.66. The highest BCUT2D eigenvalue weighted by Crippen LogP contribution is 2.36. The van der Waals surface area contributed by atoms with Gasteiger partial charge in [0.1, 0.15) is 5.82 Å². The maximum Gasteiger partial charge on any atom is 0.255 e. The molecule has 1 aliphatic rings. The van der Waals surface area contributed by atoms with Gasteiger partial charge < -0.3 is 10.2 Å². The number of hydrogen-bond donors (Lipinski definition) is 1. The molecule has 1 saturated heterocycles. The van der Waals surface area contributed by atoms with Gasteiger partial charge >= 0.3 is 0 Å². The van der Waals surface area contributed by atoms with Crippen LogP contribution >= 0.6 is 22.4 Å². The first kappa shape index (κ1) is 25.8. The number of likely N-dealkylation sites (tertiary alicyclic amines) is 1. The molecule has 0 saturated carbocycles. The molecule has 1 amide bonds. The van der Waals surface area contributed by atoms with E-state index in [-0.39, 0.29) is 17.5 Å². The van der Waals surface area contributed by atoms with E-state index in [0.717, 1.165) is 49.0 Å². The van der Waals surface area contributed by atoms with Crippen molar-refractivity contribution in [1.82, 2.24) is 19.5 Å². The Morgan fingerprint density at radius 2 is 2.09 bits per heavy atom. The van der Waals surface area contributed by atoms with Crippen molar-refractivity contribution < 1.29 is 13.2 Å². The van der Waals surface area contributed by atoms with Crippen LogP contribution in [0.2, 0.25) is 5.02 Å². The first-order chi connectivity index (χ1) is 16.6. The molecular weight excluding hydrogens is 506 g/mol. The number of rotatable bonds is 7. The van der Waals surface area contributed by atoms with E-state index < -0.39 is 8.87 Å². The van der Waals surface area contributed by atoms with Crippen LogP contribution in [-0.2, 0) is 8.87 Å². The van der Waals surface area contributed by atoms with Crippen molar-refractivity contribution in [2.24, 2.45) is 0 Å².